The highest BCUT2D eigenvalue weighted by Gasteiger charge is 2.18. The minimum Gasteiger partial charge on any atom is -0.493 e. The second-order valence-electron chi connectivity index (χ2n) is 5.32. The summed E-state index contributed by atoms with van der Waals surface area (Å²) in [5.74, 6) is -1.80. The van der Waals surface area contributed by atoms with Crippen LogP contribution in [0.4, 0.5) is 0 Å². The molecule has 27 heavy (non-hydrogen) atoms. The second-order valence-corrected chi connectivity index (χ2v) is 5.32. The number of carbonyl (C=O) groups excluding carboxylic acids is 4. The number of methoxy groups -OCH3 is 1. The van der Waals surface area contributed by atoms with E-state index < -0.39 is 30.3 Å². The van der Waals surface area contributed by atoms with Gasteiger partial charge in [0.25, 0.3) is 0 Å². The standard InChI is InChI=1S/C19H22O8/c1-5-25-18(23)8-6-7-14-9-15(16(22)11-26-12(2)20)10-17(24-4)19(14)27-13(3)21/h6,8-10H,5,7,11H2,1-4H3. The first-order valence-corrected chi connectivity index (χ1v) is 8.17. The van der Waals surface area contributed by atoms with E-state index in [1.807, 2.05) is 0 Å². The molecule has 0 fully saturated rings. The van der Waals surface area contributed by atoms with Crippen molar-refractivity contribution in [3.05, 3.63) is 35.4 Å². The third-order valence-corrected chi connectivity index (χ3v) is 3.20. The summed E-state index contributed by atoms with van der Waals surface area (Å²) in [5.41, 5.74) is 0.653. The van der Waals surface area contributed by atoms with E-state index in [0.717, 1.165) is 0 Å². The van der Waals surface area contributed by atoms with Crippen molar-refractivity contribution in [2.75, 3.05) is 20.3 Å². The van der Waals surface area contributed by atoms with Crippen LogP contribution in [0.15, 0.2) is 24.3 Å². The number of rotatable bonds is 9. The third-order valence-electron chi connectivity index (χ3n) is 3.20. The number of ether oxygens (including phenoxy) is 4. The van der Waals surface area contributed by atoms with E-state index in [-0.39, 0.29) is 30.1 Å². The van der Waals surface area contributed by atoms with E-state index >= 15 is 0 Å². The van der Waals surface area contributed by atoms with Gasteiger partial charge >= 0.3 is 17.9 Å². The highest BCUT2D eigenvalue weighted by molar-refractivity contribution is 5.99. The largest absolute Gasteiger partial charge is 0.493 e. The smallest absolute Gasteiger partial charge is 0.330 e. The maximum absolute atomic E-state index is 12.2. The molecule has 0 spiro atoms. The van der Waals surface area contributed by atoms with Gasteiger partial charge in [0.15, 0.2) is 23.9 Å². The number of hydrogen-bond donors (Lipinski definition) is 0. The fourth-order valence-corrected chi connectivity index (χ4v) is 2.11. The molecule has 0 saturated heterocycles. The van der Waals surface area contributed by atoms with Gasteiger partial charge < -0.3 is 18.9 Å². The SMILES string of the molecule is CCOC(=O)C=CCc1cc(C(=O)COC(C)=O)cc(OC)c1OC(C)=O. The molecule has 1 rings (SSSR count). The van der Waals surface area contributed by atoms with Gasteiger partial charge in [0, 0.05) is 31.1 Å². The van der Waals surface area contributed by atoms with Gasteiger partial charge in [-0.25, -0.2) is 4.79 Å². The van der Waals surface area contributed by atoms with Crippen molar-refractivity contribution in [2.45, 2.75) is 27.2 Å². The summed E-state index contributed by atoms with van der Waals surface area (Å²) in [6.07, 6.45) is 2.92. The molecule has 0 N–H and O–H groups in total. The van der Waals surface area contributed by atoms with Crippen LogP contribution in [-0.4, -0.2) is 44.0 Å². The predicted octanol–water partition coefficient (Wildman–Crippen LogP) is 2.03. The summed E-state index contributed by atoms with van der Waals surface area (Å²) in [4.78, 5) is 46.0. The monoisotopic (exact) mass is 378 g/mol. The average Bonchev–Trinajstić information content (AvgIpc) is 2.60. The van der Waals surface area contributed by atoms with Crippen molar-refractivity contribution in [1.82, 2.24) is 0 Å². The first-order chi connectivity index (χ1) is 12.8. The van der Waals surface area contributed by atoms with Crippen LogP contribution in [0.5, 0.6) is 11.5 Å². The van der Waals surface area contributed by atoms with Crippen LogP contribution in [0.3, 0.4) is 0 Å². The van der Waals surface area contributed by atoms with Crippen LogP contribution in [-0.2, 0) is 30.3 Å². The lowest BCUT2D eigenvalue weighted by Gasteiger charge is -2.14. The zero-order valence-corrected chi connectivity index (χ0v) is 15.7. The molecule has 0 aliphatic heterocycles. The minimum absolute atomic E-state index is 0.141. The first kappa shape index (κ1) is 21.9. The summed E-state index contributed by atoms with van der Waals surface area (Å²) < 4.78 is 19.9. The summed E-state index contributed by atoms with van der Waals surface area (Å²) in [5, 5.41) is 0. The predicted molar refractivity (Wildman–Crippen MR) is 94.7 cm³/mol. The number of allylic oxidation sites excluding steroid dienone is 1. The van der Waals surface area contributed by atoms with Crippen LogP contribution in [0.25, 0.3) is 0 Å². The third kappa shape index (κ3) is 7.31. The fraction of sp³-hybridized carbons (Fsp3) is 0.368. The van der Waals surface area contributed by atoms with Gasteiger partial charge in [0.05, 0.1) is 13.7 Å². The molecular weight excluding hydrogens is 356 g/mol. The summed E-state index contributed by atoms with van der Waals surface area (Å²) in [6.45, 7) is 3.94. The topological polar surface area (TPSA) is 105 Å². The number of Topliss-reactive ketones (excluding diaryl/α,β-unsaturated/α-hetero) is 1. The van der Waals surface area contributed by atoms with Gasteiger partial charge in [-0.3, -0.25) is 14.4 Å². The van der Waals surface area contributed by atoms with Crippen molar-refractivity contribution >= 4 is 23.7 Å². The highest BCUT2D eigenvalue weighted by atomic mass is 16.6. The summed E-state index contributed by atoms with van der Waals surface area (Å²) in [6, 6.07) is 2.88. The molecule has 8 heteroatoms. The van der Waals surface area contributed by atoms with Crippen molar-refractivity contribution in [1.29, 1.82) is 0 Å². The van der Waals surface area contributed by atoms with E-state index in [9.17, 15) is 19.2 Å². The number of esters is 3. The molecule has 1 aromatic carbocycles. The van der Waals surface area contributed by atoms with Crippen molar-refractivity contribution in [3.63, 3.8) is 0 Å². The number of ketones is 1. The van der Waals surface area contributed by atoms with Gasteiger partial charge in [-0.2, -0.15) is 0 Å². The van der Waals surface area contributed by atoms with Crippen molar-refractivity contribution in [3.8, 4) is 11.5 Å². The molecule has 0 aromatic heterocycles. The average molecular weight is 378 g/mol. The lowest BCUT2D eigenvalue weighted by molar-refractivity contribution is -0.140. The summed E-state index contributed by atoms with van der Waals surface area (Å²) >= 11 is 0. The van der Waals surface area contributed by atoms with Crippen LogP contribution in [0, 0.1) is 0 Å². The Morgan fingerprint density at radius 3 is 2.30 bits per heavy atom. The lowest BCUT2D eigenvalue weighted by atomic mass is 10.0. The Kier molecular flexibility index (Phi) is 8.71. The molecule has 0 radical (unpaired) electrons. The maximum atomic E-state index is 12.2. The maximum Gasteiger partial charge on any atom is 0.330 e. The minimum atomic E-state index is -0.579. The zero-order valence-electron chi connectivity index (χ0n) is 15.7. The quantitative estimate of drug-likeness (QED) is 0.278. The van der Waals surface area contributed by atoms with Gasteiger partial charge in [-0.05, 0) is 25.5 Å². The molecule has 0 aliphatic rings. The number of carbonyl (C=O) groups is 4. The Labute approximate surface area is 157 Å². The molecule has 0 unspecified atom stereocenters. The van der Waals surface area contributed by atoms with E-state index in [2.05, 4.69) is 0 Å². The van der Waals surface area contributed by atoms with Crippen LogP contribution < -0.4 is 9.47 Å². The molecule has 0 atom stereocenters. The molecule has 0 aliphatic carbocycles. The second kappa shape index (κ2) is 10.7. The Morgan fingerprint density at radius 2 is 1.74 bits per heavy atom. The van der Waals surface area contributed by atoms with Crippen LogP contribution in [0.2, 0.25) is 0 Å². The van der Waals surface area contributed by atoms with Crippen molar-refractivity contribution in [2.24, 2.45) is 0 Å². The lowest BCUT2D eigenvalue weighted by Crippen LogP contribution is -2.13. The van der Waals surface area contributed by atoms with E-state index in [1.54, 1.807) is 6.92 Å². The van der Waals surface area contributed by atoms with E-state index in [4.69, 9.17) is 18.9 Å². The van der Waals surface area contributed by atoms with Gasteiger partial charge in [0.2, 0.25) is 0 Å². The van der Waals surface area contributed by atoms with Gasteiger partial charge in [-0.15, -0.1) is 0 Å². The highest BCUT2D eigenvalue weighted by Crippen LogP contribution is 2.34. The molecule has 1 aromatic rings. The Balaban J connectivity index is 3.22. The Bertz CT molecular complexity index is 748. The van der Waals surface area contributed by atoms with Crippen LogP contribution >= 0.6 is 0 Å². The molecule has 0 amide bonds. The first-order valence-electron chi connectivity index (χ1n) is 8.17. The fourth-order valence-electron chi connectivity index (χ4n) is 2.11. The van der Waals surface area contributed by atoms with E-state index in [1.165, 1.54) is 45.2 Å². The van der Waals surface area contributed by atoms with Gasteiger partial charge in [0.1, 0.15) is 0 Å². The van der Waals surface area contributed by atoms with E-state index in [0.29, 0.717) is 5.56 Å². The Morgan fingerprint density at radius 1 is 1.04 bits per heavy atom. The number of hydrogen-bond acceptors (Lipinski definition) is 8. The molecule has 0 heterocycles. The molecule has 0 bridgehead atoms. The normalized spacial score (nSPS) is 10.4. The van der Waals surface area contributed by atoms with Gasteiger partial charge in [-0.1, -0.05) is 6.08 Å². The molecule has 0 saturated carbocycles. The molecule has 146 valence electrons. The molecule has 8 nitrogen and oxygen atoms in total. The number of benzene rings is 1. The molecular formula is C19H22O8. The summed E-state index contributed by atoms with van der Waals surface area (Å²) in [7, 11) is 1.36. The van der Waals surface area contributed by atoms with Crippen LogP contribution in [0.1, 0.15) is 36.7 Å². The zero-order chi connectivity index (χ0) is 20.4. The van der Waals surface area contributed by atoms with Crippen molar-refractivity contribution < 1.29 is 38.1 Å². The Hall–Kier alpha value is -3.16.